The second-order valence-corrected chi connectivity index (χ2v) is 5.85. The van der Waals surface area contributed by atoms with Crippen LogP contribution in [0.5, 0.6) is 0 Å². The molecule has 0 saturated heterocycles. The number of nitrogens with one attached hydrogen (secondary N) is 2. The zero-order chi connectivity index (χ0) is 16.3. The molecule has 1 aromatic carbocycles. The van der Waals surface area contributed by atoms with E-state index >= 15 is 0 Å². The van der Waals surface area contributed by atoms with Crippen molar-refractivity contribution in [1.29, 1.82) is 0 Å². The molecule has 0 bridgehead atoms. The van der Waals surface area contributed by atoms with Crippen molar-refractivity contribution in [3.8, 4) is 0 Å². The molecule has 0 radical (unpaired) electrons. The summed E-state index contributed by atoms with van der Waals surface area (Å²) in [5, 5.41) is 24.7. The summed E-state index contributed by atoms with van der Waals surface area (Å²) in [6.07, 6.45) is -0.231. The number of benzene rings is 1. The van der Waals surface area contributed by atoms with E-state index in [1.807, 2.05) is 24.3 Å². The highest BCUT2D eigenvalue weighted by Gasteiger charge is 2.33. The number of hydrogen-bond donors (Lipinski definition) is 4. The molecule has 0 aliphatic heterocycles. The monoisotopic (exact) mass is 306 g/mol. The van der Waals surface area contributed by atoms with Crippen molar-refractivity contribution in [1.82, 2.24) is 10.6 Å². The highest BCUT2D eigenvalue weighted by atomic mass is 16.3. The van der Waals surface area contributed by atoms with Gasteiger partial charge in [-0.2, -0.15) is 0 Å². The third-order valence-corrected chi connectivity index (χ3v) is 3.84. The van der Waals surface area contributed by atoms with Crippen molar-refractivity contribution < 1.29 is 19.8 Å². The summed E-state index contributed by atoms with van der Waals surface area (Å²) in [7, 11) is 0. The molecular formula is C16H22N2O4. The van der Waals surface area contributed by atoms with Crippen LogP contribution in [0.2, 0.25) is 0 Å². The van der Waals surface area contributed by atoms with Gasteiger partial charge in [-0.3, -0.25) is 9.59 Å². The van der Waals surface area contributed by atoms with Crippen LogP contribution in [-0.2, 0) is 16.0 Å². The maximum absolute atomic E-state index is 12.2. The molecule has 1 aliphatic carbocycles. The Kier molecular flexibility index (Phi) is 5.15. The zero-order valence-corrected chi connectivity index (χ0v) is 12.7. The van der Waals surface area contributed by atoms with Gasteiger partial charge < -0.3 is 20.8 Å². The summed E-state index contributed by atoms with van der Waals surface area (Å²) in [4.78, 5) is 23.9. The smallest absolute Gasteiger partial charge is 0.245 e. The Hall–Kier alpha value is -1.92. The number of amides is 2. The molecule has 0 heterocycles. The first kappa shape index (κ1) is 16.5. The molecule has 4 N–H and O–H groups in total. The van der Waals surface area contributed by atoms with Crippen LogP contribution in [-0.4, -0.2) is 40.8 Å². The highest BCUT2D eigenvalue weighted by Crippen LogP contribution is 2.31. The van der Waals surface area contributed by atoms with Gasteiger partial charge in [0.05, 0.1) is 18.8 Å². The Morgan fingerprint density at radius 2 is 1.95 bits per heavy atom. The Morgan fingerprint density at radius 3 is 2.59 bits per heavy atom. The predicted octanol–water partition coefficient (Wildman–Crippen LogP) is -0.106. The van der Waals surface area contributed by atoms with Gasteiger partial charge in [0, 0.05) is 12.3 Å². The van der Waals surface area contributed by atoms with E-state index in [1.165, 1.54) is 0 Å². The quantitative estimate of drug-likeness (QED) is 0.610. The molecule has 6 heteroatoms. The largest absolute Gasteiger partial charge is 0.394 e. The fourth-order valence-electron chi connectivity index (χ4n) is 2.53. The molecule has 120 valence electrons. The highest BCUT2D eigenvalue weighted by molar-refractivity contribution is 5.88. The molecule has 3 atom stereocenters. The van der Waals surface area contributed by atoms with Crippen molar-refractivity contribution >= 4 is 11.8 Å². The molecule has 2 rings (SSSR count). The lowest BCUT2D eigenvalue weighted by atomic mass is 10.1. The van der Waals surface area contributed by atoms with Crippen LogP contribution in [0.15, 0.2) is 24.3 Å². The minimum Gasteiger partial charge on any atom is -0.394 e. The van der Waals surface area contributed by atoms with E-state index in [0.29, 0.717) is 6.42 Å². The first-order chi connectivity index (χ1) is 10.4. The zero-order valence-electron chi connectivity index (χ0n) is 12.7. The van der Waals surface area contributed by atoms with Crippen LogP contribution in [0.1, 0.15) is 31.0 Å². The minimum absolute atomic E-state index is 0.278. The molecule has 0 unspecified atom stereocenters. The van der Waals surface area contributed by atoms with Gasteiger partial charge in [0.15, 0.2) is 0 Å². The first-order valence-electron chi connectivity index (χ1n) is 7.41. The Morgan fingerprint density at radius 1 is 1.27 bits per heavy atom. The van der Waals surface area contributed by atoms with Crippen LogP contribution in [0.25, 0.3) is 0 Å². The van der Waals surface area contributed by atoms with Gasteiger partial charge >= 0.3 is 0 Å². The second kappa shape index (κ2) is 6.89. The Balaban J connectivity index is 2.06. The summed E-state index contributed by atoms with van der Waals surface area (Å²) in [5.41, 5.74) is 1.86. The Bertz CT molecular complexity index is 559. The summed E-state index contributed by atoms with van der Waals surface area (Å²) < 4.78 is 0. The van der Waals surface area contributed by atoms with Gasteiger partial charge in [-0.05, 0) is 11.1 Å². The molecule has 1 aliphatic rings. The van der Waals surface area contributed by atoms with E-state index in [4.69, 9.17) is 0 Å². The van der Waals surface area contributed by atoms with Crippen molar-refractivity contribution in [2.45, 2.75) is 38.5 Å². The van der Waals surface area contributed by atoms with Gasteiger partial charge in [0.1, 0.15) is 6.04 Å². The number of carbonyl (C=O) groups is 2. The van der Waals surface area contributed by atoms with Gasteiger partial charge in [0.25, 0.3) is 0 Å². The van der Waals surface area contributed by atoms with Crippen LogP contribution in [0, 0.1) is 5.92 Å². The van der Waals surface area contributed by atoms with Gasteiger partial charge in [-0.1, -0.05) is 38.1 Å². The second-order valence-electron chi connectivity index (χ2n) is 5.85. The van der Waals surface area contributed by atoms with E-state index in [1.54, 1.807) is 13.8 Å². The van der Waals surface area contributed by atoms with Crippen LogP contribution in [0.3, 0.4) is 0 Å². The van der Waals surface area contributed by atoms with Gasteiger partial charge in [-0.25, -0.2) is 0 Å². The number of aliphatic hydroxyl groups excluding tert-OH is 2. The molecule has 2 amide bonds. The number of fused-ring (bicyclic) bond motifs is 1. The van der Waals surface area contributed by atoms with Crippen molar-refractivity contribution in [3.63, 3.8) is 0 Å². The normalized spacial score (nSPS) is 21.3. The van der Waals surface area contributed by atoms with E-state index in [2.05, 4.69) is 10.6 Å². The predicted molar refractivity (Wildman–Crippen MR) is 80.9 cm³/mol. The summed E-state index contributed by atoms with van der Waals surface area (Å²) in [6.45, 7) is 2.92. The molecule has 1 aromatic rings. The lowest BCUT2D eigenvalue weighted by Crippen LogP contribution is -2.51. The summed E-state index contributed by atoms with van der Waals surface area (Å²) >= 11 is 0. The topological polar surface area (TPSA) is 98.7 Å². The molecule has 0 fully saturated rings. The van der Waals surface area contributed by atoms with Gasteiger partial charge in [0.2, 0.25) is 11.8 Å². The Labute approximate surface area is 129 Å². The van der Waals surface area contributed by atoms with E-state index in [0.717, 1.165) is 11.1 Å². The molecule has 6 nitrogen and oxygen atoms in total. The summed E-state index contributed by atoms with van der Waals surface area (Å²) in [6, 6.07) is 5.96. The van der Waals surface area contributed by atoms with Crippen molar-refractivity contribution in [2.24, 2.45) is 5.92 Å². The van der Waals surface area contributed by atoms with Gasteiger partial charge in [-0.15, -0.1) is 0 Å². The van der Waals surface area contributed by atoms with E-state index in [-0.39, 0.29) is 11.8 Å². The number of hydrogen-bond acceptors (Lipinski definition) is 4. The standard InChI is InChI=1S/C16H22N2O4/c1-9(2)15(21)17-12(8-19)16(22)18-14-11-6-4-3-5-10(11)7-13(14)20/h3-6,9,12-14,19-20H,7-8H2,1-2H3,(H,17,21)(H,18,22)/t12-,13+,14-/m0/s1. The molecular weight excluding hydrogens is 284 g/mol. The lowest BCUT2D eigenvalue weighted by Gasteiger charge is -2.22. The number of carbonyl (C=O) groups excluding carboxylic acids is 2. The third-order valence-electron chi connectivity index (χ3n) is 3.84. The maximum Gasteiger partial charge on any atom is 0.245 e. The summed E-state index contributed by atoms with van der Waals surface area (Å²) in [5.74, 6) is -1.08. The molecule has 0 spiro atoms. The lowest BCUT2D eigenvalue weighted by molar-refractivity contribution is -0.132. The third kappa shape index (κ3) is 3.45. The van der Waals surface area contributed by atoms with E-state index in [9.17, 15) is 19.8 Å². The fourth-order valence-corrected chi connectivity index (χ4v) is 2.53. The van der Waals surface area contributed by atoms with Crippen molar-refractivity contribution in [2.75, 3.05) is 6.61 Å². The fraction of sp³-hybridized carbons (Fsp3) is 0.500. The van der Waals surface area contributed by atoms with Crippen LogP contribution in [0.4, 0.5) is 0 Å². The molecule has 22 heavy (non-hydrogen) atoms. The maximum atomic E-state index is 12.2. The van der Waals surface area contributed by atoms with Crippen molar-refractivity contribution in [3.05, 3.63) is 35.4 Å². The SMILES string of the molecule is CC(C)C(=O)N[C@@H](CO)C(=O)N[C@H]1c2ccccc2C[C@H]1O. The van der Waals surface area contributed by atoms with E-state index < -0.39 is 30.7 Å². The van der Waals surface area contributed by atoms with Crippen LogP contribution >= 0.6 is 0 Å². The average molecular weight is 306 g/mol. The minimum atomic E-state index is -1.02. The molecule has 0 aromatic heterocycles. The number of rotatable bonds is 5. The number of aliphatic hydroxyl groups is 2. The average Bonchev–Trinajstić information content (AvgIpc) is 2.80. The van der Waals surface area contributed by atoms with Crippen LogP contribution < -0.4 is 10.6 Å². The molecule has 0 saturated carbocycles. The first-order valence-corrected chi connectivity index (χ1v) is 7.41.